The number of nitrogens with zero attached hydrogens (tertiary/aromatic N) is 4. The number of carbonyl (C=O) groups is 1. The molecule has 220 valence electrons. The van der Waals surface area contributed by atoms with Gasteiger partial charge < -0.3 is 23.5 Å². The summed E-state index contributed by atoms with van der Waals surface area (Å²) < 4.78 is 23.7. The number of rotatable bonds is 6. The number of carbonyl (C=O) groups excluding carboxylic acids is 1. The highest BCUT2D eigenvalue weighted by Crippen LogP contribution is 2.39. The highest BCUT2D eigenvalue weighted by atomic mass is 16.5. The van der Waals surface area contributed by atoms with E-state index in [4.69, 9.17) is 18.6 Å². The van der Waals surface area contributed by atoms with Crippen molar-refractivity contribution in [1.29, 1.82) is 5.26 Å². The summed E-state index contributed by atoms with van der Waals surface area (Å²) in [6, 6.07) is 17.9. The predicted molar refractivity (Wildman–Crippen MR) is 161 cm³/mol. The molecule has 4 saturated heterocycles. The van der Waals surface area contributed by atoms with Gasteiger partial charge in [0.25, 0.3) is 5.91 Å². The molecule has 2 aromatic heterocycles. The Hall–Kier alpha value is -4.39. The van der Waals surface area contributed by atoms with E-state index in [-0.39, 0.29) is 18.1 Å². The van der Waals surface area contributed by atoms with E-state index in [1.54, 1.807) is 13.3 Å². The van der Waals surface area contributed by atoms with Crippen LogP contribution in [0.2, 0.25) is 0 Å². The number of benzene rings is 2. The van der Waals surface area contributed by atoms with E-state index in [0.717, 1.165) is 55.5 Å². The number of fused-ring (bicyclic) bond motifs is 4. The summed E-state index contributed by atoms with van der Waals surface area (Å²) in [6.45, 7) is 3.02. The largest absolute Gasteiger partial charge is 0.496 e. The molecule has 4 aliphatic heterocycles. The number of methoxy groups -OCH3 is 1. The van der Waals surface area contributed by atoms with E-state index in [0.29, 0.717) is 58.7 Å². The van der Waals surface area contributed by atoms with Crippen LogP contribution < -0.4 is 9.47 Å². The van der Waals surface area contributed by atoms with Crippen molar-refractivity contribution in [2.75, 3.05) is 40.5 Å². The lowest BCUT2D eigenvalue weighted by atomic mass is 9.90. The topological polar surface area (TPSA) is 101 Å². The van der Waals surface area contributed by atoms with Crippen molar-refractivity contribution in [3.63, 3.8) is 0 Å². The van der Waals surface area contributed by atoms with E-state index >= 15 is 0 Å². The molecular formula is C34H34N4O5. The lowest BCUT2D eigenvalue weighted by Gasteiger charge is -2.50. The Labute approximate surface area is 250 Å². The Balaban J connectivity index is 1.18. The minimum absolute atomic E-state index is 0.0405. The number of pyridine rings is 1. The van der Waals surface area contributed by atoms with Crippen LogP contribution in [-0.2, 0) is 4.74 Å². The molecule has 2 bridgehead atoms. The van der Waals surface area contributed by atoms with Gasteiger partial charge in [0.15, 0.2) is 5.58 Å². The molecule has 6 heterocycles. The van der Waals surface area contributed by atoms with Crippen molar-refractivity contribution in [3.8, 4) is 40.0 Å². The molecule has 9 nitrogen and oxygen atoms in total. The lowest BCUT2D eigenvalue weighted by Crippen LogP contribution is -2.62. The molecule has 4 aliphatic rings. The number of ether oxygens (including phenoxy) is 3. The molecule has 1 amide bonds. The van der Waals surface area contributed by atoms with E-state index in [9.17, 15) is 10.1 Å². The fourth-order valence-electron chi connectivity index (χ4n) is 6.64. The SMILES string of the molecule is COc1cc(C(=O)N2CC3CCC2CN3C)ccc1-c1cc2nccc(-c3ccc(OC4CCOCC4)c(C#N)c3)c2o1. The highest BCUT2D eigenvalue weighted by molar-refractivity contribution is 5.97. The third kappa shape index (κ3) is 5.11. The predicted octanol–water partition coefficient (Wildman–Crippen LogP) is 5.52. The summed E-state index contributed by atoms with van der Waals surface area (Å²) in [7, 11) is 3.75. The van der Waals surface area contributed by atoms with Gasteiger partial charge in [-0.3, -0.25) is 14.7 Å². The Morgan fingerprint density at radius 2 is 1.81 bits per heavy atom. The molecule has 0 saturated carbocycles. The first-order valence-electron chi connectivity index (χ1n) is 14.9. The van der Waals surface area contributed by atoms with Crippen LogP contribution in [0.5, 0.6) is 11.5 Å². The molecule has 2 aromatic carbocycles. The van der Waals surface area contributed by atoms with Crippen molar-refractivity contribution >= 4 is 17.0 Å². The summed E-state index contributed by atoms with van der Waals surface area (Å²) in [5.74, 6) is 1.77. The number of likely N-dealkylation sites (N-methyl/N-ethyl adjacent to an activating group) is 1. The van der Waals surface area contributed by atoms with Gasteiger partial charge in [0.05, 0.1) is 31.5 Å². The van der Waals surface area contributed by atoms with E-state index in [2.05, 4.69) is 23.0 Å². The van der Waals surface area contributed by atoms with Crippen LogP contribution in [0.15, 0.2) is 59.1 Å². The van der Waals surface area contributed by atoms with Gasteiger partial charge in [0.2, 0.25) is 0 Å². The summed E-state index contributed by atoms with van der Waals surface area (Å²) in [6.07, 6.45) is 5.58. The molecule has 43 heavy (non-hydrogen) atoms. The Morgan fingerprint density at radius 3 is 2.56 bits per heavy atom. The first kappa shape index (κ1) is 27.4. The molecule has 2 atom stereocenters. The van der Waals surface area contributed by atoms with Crippen LogP contribution in [0, 0.1) is 11.3 Å². The van der Waals surface area contributed by atoms with Crippen molar-refractivity contribution < 1.29 is 23.4 Å². The van der Waals surface area contributed by atoms with Gasteiger partial charge in [-0.1, -0.05) is 6.07 Å². The highest BCUT2D eigenvalue weighted by Gasteiger charge is 2.39. The van der Waals surface area contributed by atoms with E-state index in [1.807, 2.05) is 53.4 Å². The van der Waals surface area contributed by atoms with Crippen molar-refractivity contribution in [2.24, 2.45) is 0 Å². The van der Waals surface area contributed by atoms with E-state index in [1.165, 1.54) is 0 Å². The second-order valence-electron chi connectivity index (χ2n) is 11.6. The van der Waals surface area contributed by atoms with Gasteiger partial charge in [0, 0.05) is 61.4 Å². The second-order valence-corrected chi connectivity index (χ2v) is 11.6. The standard InChI is InChI=1S/C34H34N4O5/c1-37-19-25-6-5-24(37)20-38(25)34(39)22-3-7-28(31(16-22)40-2)32-17-29-33(43-32)27(9-12-36-29)21-4-8-30(23(15-21)18-35)42-26-10-13-41-14-11-26/h3-4,7-9,12,15-17,24-26H,5-6,10-11,13-14,19-20H2,1-2H3. The zero-order chi connectivity index (χ0) is 29.5. The maximum Gasteiger partial charge on any atom is 0.254 e. The second kappa shape index (κ2) is 11.4. The van der Waals surface area contributed by atoms with Gasteiger partial charge in [-0.15, -0.1) is 0 Å². The monoisotopic (exact) mass is 578 g/mol. The minimum atomic E-state index is 0.0405. The first-order valence-corrected chi connectivity index (χ1v) is 14.9. The van der Waals surface area contributed by atoms with Gasteiger partial charge in [-0.2, -0.15) is 5.26 Å². The molecular weight excluding hydrogens is 544 g/mol. The first-order chi connectivity index (χ1) is 21.0. The van der Waals surface area contributed by atoms with Gasteiger partial charge in [-0.05, 0) is 61.9 Å². The molecule has 0 radical (unpaired) electrons. The van der Waals surface area contributed by atoms with Crippen LogP contribution in [0.25, 0.3) is 33.6 Å². The number of amides is 1. The lowest BCUT2D eigenvalue weighted by molar-refractivity contribution is -0.000106. The summed E-state index contributed by atoms with van der Waals surface area (Å²) in [4.78, 5) is 22.5. The van der Waals surface area contributed by atoms with Gasteiger partial charge in [-0.25, -0.2) is 0 Å². The van der Waals surface area contributed by atoms with Crippen molar-refractivity contribution in [3.05, 3.63) is 65.9 Å². The number of aromatic nitrogens is 1. The third-order valence-corrected chi connectivity index (χ3v) is 9.06. The molecule has 4 aromatic rings. The Kier molecular flexibility index (Phi) is 7.25. The van der Waals surface area contributed by atoms with Crippen molar-refractivity contribution in [2.45, 2.75) is 43.9 Å². The van der Waals surface area contributed by atoms with Crippen LogP contribution in [-0.4, -0.2) is 79.3 Å². The molecule has 9 heteroatoms. The number of hydrogen-bond acceptors (Lipinski definition) is 8. The van der Waals surface area contributed by atoms with E-state index < -0.39 is 0 Å². The zero-order valence-corrected chi connectivity index (χ0v) is 24.4. The van der Waals surface area contributed by atoms with Gasteiger partial charge in [0.1, 0.15) is 34.9 Å². The number of hydrogen-bond donors (Lipinski definition) is 0. The smallest absolute Gasteiger partial charge is 0.254 e. The Morgan fingerprint density at radius 1 is 0.977 bits per heavy atom. The quantitative estimate of drug-likeness (QED) is 0.295. The number of piperidine rings is 2. The van der Waals surface area contributed by atoms with Gasteiger partial charge >= 0.3 is 0 Å². The minimum Gasteiger partial charge on any atom is -0.496 e. The third-order valence-electron chi connectivity index (χ3n) is 9.06. The Bertz CT molecular complexity index is 1720. The van der Waals surface area contributed by atoms with Crippen LogP contribution >= 0.6 is 0 Å². The average Bonchev–Trinajstić information content (AvgIpc) is 3.49. The van der Waals surface area contributed by atoms with Crippen LogP contribution in [0.4, 0.5) is 0 Å². The zero-order valence-electron chi connectivity index (χ0n) is 24.4. The summed E-state index contributed by atoms with van der Waals surface area (Å²) in [5, 5.41) is 9.90. The fourth-order valence-corrected chi connectivity index (χ4v) is 6.64. The summed E-state index contributed by atoms with van der Waals surface area (Å²) >= 11 is 0. The molecule has 2 unspecified atom stereocenters. The molecule has 4 fully saturated rings. The maximum absolute atomic E-state index is 13.5. The van der Waals surface area contributed by atoms with Crippen LogP contribution in [0.3, 0.4) is 0 Å². The average molecular weight is 579 g/mol. The molecule has 0 aliphatic carbocycles. The van der Waals surface area contributed by atoms with Crippen LogP contribution in [0.1, 0.15) is 41.6 Å². The number of piperazine rings is 1. The molecule has 0 spiro atoms. The summed E-state index contributed by atoms with van der Waals surface area (Å²) in [5.41, 5.74) is 4.76. The van der Waals surface area contributed by atoms with Crippen molar-refractivity contribution in [1.82, 2.24) is 14.8 Å². The number of nitriles is 1. The molecule has 8 rings (SSSR count). The number of furan rings is 1. The normalized spacial score (nSPS) is 20.7. The molecule has 0 N–H and O–H groups in total. The maximum atomic E-state index is 13.5. The fraction of sp³-hybridized carbons (Fsp3) is 0.382.